The van der Waals surface area contributed by atoms with Crippen LogP contribution < -0.4 is 10.9 Å². The number of aromatic amines is 1. The molecule has 25 heavy (non-hydrogen) atoms. The fraction of sp³-hybridized carbons (Fsp3) is 0.176. The monoisotopic (exact) mass is 335 g/mol. The molecule has 0 amide bonds. The Hall–Kier alpha value is -3.42. The summed E-state index contributed by atoms with van der Waals surface area (Å²) >= 11 is 0. The van der Waals surface area contributed by atoms with Gasteiger partial charge in [0.05, 0.1) is 5.69 Å². The van der Waals surface area contributed by atoms with Crippen LogP contribution in [0.3, 0.4) is 0 Å². The van der Waals surface area contributed by atoms with Crippen molar-refractivity contribution in [2.45, 2.75) is 19.9 Å². The summed E-state index contributed by atoms with van der Waals surface area (Å²) in [5.74, 6) is 1.05. The Morgan fingerprint density at radius 3 is 2.76 bits per heavy atom. The molecule has 0 radical (unpaired) electrons. The molecule has 0 fully saturated rings. The second kappa shape index (κ2) is 5.90. The number of rotatable bonds is 4. The van der Waals surface area contributed by atoms with Crippen LogP contribution in [0.2, 0.25) is 0 Å². The van der Waals surface area contributed by atoms with Gasteiger partial charge < -0.3 is 10.3 Å². The molecule has 8 nitrogen and oxygen atoms in total. The molecule has 0 aliphatic carbocycles. The number of pyridine rings is 1. The minimum absolute atomic E-state index is 0.0511. The van der Waals surface area contributed by atoms with E-state index in [1.165, 1.54) is 0 Å². The van der Waals surface area contributed by atoms with Gasteiger partial charge in [-0.15, -0.1) is 0 Å². The quantitative estimate of drug-likeness (QED) is 0.598. The summed E-state index contributed by atoms with van der Waals surface area (Å²) in [4.78, 5) is 29.0. The van der Waals surface area contributed by atoms with Crippen molar-refractivity contribution in [3.63, 3.8) is 0 Å². The van der Waals surface area contributed by atoms with Crippen LogP contribution in [0.5, 0.6) is 0 Å². The summed E-state index contributed by atoms with van der Waals surface area (Å²) in [6, 6.07) is 7.38. The molecule has 4 heterocycles. The first-order valence-electron chi connectivity index (χ1n) is 7.96. The Morgan fingerprint density at radius 1 is 1.20 bits per heavy atom. The van der Waals surface area contributed by atoms with E-state index < -0.39 is 0 Å². The molecule has 0 spiro atoms. The van der Waals surface area contributed by atoms with Crippen molar-refractivity contribution in [2.75, 3.05) is 5.32 Å². The Balaban J connectivity index is 1.96. The molecule has 0 aliphatic heterocycles. The van der Waals surface area contributed by atoms with Crippen LogP contribution in [0, 0.1) is 0 Å². The molecule has 0 aromatic carbocycles. The molecule has 126 valence electrons. The summed E-state index contributed by atoms with van der Waals surface area (Å²) in [5, 5.41) is 3.57. The van der Waals surface area contributed by atoms with Gasteiger partial charge in [-0.25, -0.2) is 19.3 Å². The zero-order valence-corrected chi connectivity index (χ0v) is 13.8. The number of hydrogen-bond donors (Lipinski definition) is 2. The molecule has 0 aliphatic rings. The Bertz CT molecular complexity index is 1060. The molecule has 4 aromatic rings. The largest absolute Gasteiger partial charge is 0.366 e. The molecular formula is C17H17N7O. The maximum Gasteiger partial charge on any atom is 0.278 e. The smallest absolute Gasteiger partial charge is 0.278 e. The van der Waals surface area contributed by atoms with Gasteiger partial charge >= 0.3 is 0 Å². The van der Waals surface area contributed by atoms with E-state index in [2.05, 4.69) is 25.3 Å². The topological polar surface area (TPSA) is 93.4 Å². The number of nitrogens with zero attached hydrogens (tertiary/aromatic N) is 5. The van der Waals surface area contributed by atoms with E-state index in [-0.39, 0.29) is 11.6 Å². The van der Waals surface area contributed by atoms with E-state index in [0.717, 1.165) is 5.69 Å². The molecule has 4 rings (SSSR count). The zero-order valence-electron chi connectivity index (χ0n) is 13.8. The summed E-state index contributed by atoms with van der Waals surface area (Å²) in [5.41, 5.74) is 1.23. The number of anilines is 2. The lowest BCUT2D eigenvalue weighted by Crippen LogP contribution is -2.24. The molecule has 0 unspecified atom stereocenters. The van der Waals surface area contributed by atoms with Crippen LogP contribution in [0.15, 0.2) is 53.8 Å². The fourth-order valence-corrected chi connectivity index (χ4v) is 2.76. The molecule has 0 saturated carbocycles. The standard InChI is InChI=1S/C17H17N7O/c1-11(2)23-16(25)13-10-20-17(21-12-6-8-18-9-12)22-15(13)24(23)14-5-3-4-7-19-14/h3-11,18H,1-2H3,(H,20,21,22). The molecule has 8 heteroatoms. The van der Waals surface area contributed by atoms with Gasteiger partial charge in [-0.1, -0.05) is 6.07 Å². The van der Waals surface area contributed by atoms with E-state index in [0.29, 0.717) is 22.8 Å². The molecule has 4 aromatic heterocycles. The Labute approximate surface area is 143 Å². The number of aromatic nitrogens is 6. The van der Waals surface area contributed by atoms with Gasteiger partial charge in [-0.2, -0.15) is 4.98 Å². The predicted octanol–water partition coefficient (Wildman–Crippen LogP) is 2.63. The SMILES string of the molecule is CC(C)n1c(=O)c2cnc(Nc3cc[nH]c3)nc2n1-c1ccccn1. The molecule has 0 bridgehead atoms. The molecule has 0 atom stereocenters. The summed E-state index contributed by atoms with van der Waals surface area (Å²) < 4.78 is 3.38. The average Bonchev–Trinajstić information content (AvgIpc) is 3.22. The van der Waals surface area contributed by atoms with Crippen LogP contribution >= 0.6 is 0 Å². The van der Waals surface area contributed by atoms with Crippen molar-refractivity contribution in [1.82, 2.24) is 29.3 Å². The first-order chi connectivity index (χ1) is 12.1. The van der Waals surface area contributed by atoms with Crippen molar-refractivity contribution in [1.29, 1.82) is 0 Å². The van der Waals surface area contributed by atoms with Gasteiger partial charge in [-0.05, 0) is 32.0 Å². The van der Waals surface area contributed by atoms with E-state index in [4.69, 9.17) is 0 Å². The van der Waals surface area contributed by atoms with Gasteiger partial charge in [0, 0.05) is 30.8 Å². The lowest BCUT2D eigenvalue weighted by Gasteiger charge is -2.14. The maximum absolute atomic E-state index is 12.8. The second-order valence-electron chi connectivity index (χ2n) is 5.90. The van der Waals surface area contributed by atoms with Gasteiger partial charge in [0.1, 0.15) is 5.39 Å². The van der Waals surface area contributed by atoms with E-state index in [1.807, 2.05) is 38.1 Å². The van der Waals surface area contributed by atoms with Gasteiger partial charge in [0.2, 0.25) is 5.95 Å². The van der Waals surface area contributed by atoms with E-state index >= 15 is 0 Å². The first kappa shape index (κ1) is 15.1. The lowest BCUT2D eigenvalue weighted by molar-refractivity contribution is 0.472. The van der Waals surface area contributed by atoms with Crippen molar-refractivity contribution < 1.29 is 0 Å². The Morgan fingerprint density at radius 2 is 2.08 bits per heavy atom. The Kier molecular flexibility index (Phi) is 3.57. The highest BCUT2D eigenvalue weighted by Crippen LogP contribution is 2.19. The highest BCUT2D eigenvalue weighted by Gasteiger charge is 2.19. The number of nitrogens with one attached hydrogen (secondary N) is 2. The van der Waals surface area contributed by atoms with Crippen LogP contribution in [0.4, 0.5) is 11.6 Å². The average molecular weight is 335 g/mol. The molecular weight excluding hydrogens is 318 g/mol. The predicted molar refractivity (Wildman–Crippen MR) is 95.4 cm³/mol. The summed E-state index contributed by atoms with van der Waals surface area (Å²) in [6.07, 6.45) is 6.85. The maximum atomic E-state index is 12.8. The summed E-state index contributed by atoms with van der Waals surface area (Å²) in [7, 11) is 0. The van der Waals surface area contributed by atoms with Gasteiger partial charge in [0.15, 0.2) is 11.5 Å². The minimum atomic E-state index is -0.135. The minimum Gasteiger partial charge on any atom is -0.366 e. The van der Waals surface area contributed by atoms with Gasteiger partial charge in [0.25, 0.3) is 5.56 Å². The normalized spacial score (nSPS) is 11.3. The van der Waals surface area contributed by atoms with Crippen molar-refractivity contribution in [2.24, 2.45) is 0 Å². The van der Waals surface area contributed by atoms with Crippen molar-refractivity contribution in [3.05, 3.63) is 59.4 Å². The second-order valence-corrected chi connectivity index (χ2v) is 5.90. The lowest BCUT2D eigenvalue weighted by atomic mass is 10.4. The zero-order chi connectivity index (χ0) is 17.4. The number of fused-ring (bicyclic) bond motifs is 1. The van der Waals surface area contributed by atoms with Crippen LogP contribution in [-0.2, 0) is 0 Å². The first-order valence-corrected chi connectivity index (χ1v) is 7.96. The van der Waals surface area contributed by atoms with Crippen molar-refractivity contribution >= 4 is 22.7 Å². The van der Waals surface area contributed by atoms with Crippen molar-refractivity contribution in [3.8, 4) is 5.82 Å². The summed E-state index contributed by atoms with van der Waals surface area (Å²) in [6.45, 7) is 3.90. The number of H-pyrrole nitrogens is 1. The molecule has 2 N–H and O–H groups in total. The van der Waals surface area contributed by atoms with Gasteiger partial charge in [-0.3, -0.25) is 4.79 Å². The number of hydrogen-bond acceptors (Lipinski definition) is 5. The highest BCUT2D eigenvalue weighted by molar-refractivity contribution is 5.77. The van der Waals surface area contributed by atoms with Crippen LogP contribution in [0.1, 0.15) is 19.9 Å². The van der Waals surface area contributed by atoms with E-state index in [9.17, 15) is 4.79 Å². The van der Waals surface area contributed by atoms with Crippen LogP contribution in [-0.4, -0.2) is 29.3 Å². The third kappa shape index (κ3) is 2.57. The third-order valence-corrected chi connectivity index (χ3v) is 3.83. The fourth-order valence-electron chi connectivity index (χ4n) is 2.76. The highest BCUT2D eigenvalue weighted by atomic mass is 16.1. The van der Waals surface area contributed by atoms with E-state index in [1.54, 1.807) is 34.2 Å². The third-order valence-electron chi connectivity index (χ3n) is 3.83. The molecule has 0 saturated heterocycles. The van der Waals surface area contributed by atoms with Crippen LogP contribution in [0.25, 0.3) is 16.9 Å².